The Labute approximate surface area is 133 Å². The summed E-state index contributed by atoms with van der Waals surface area (Å²) in [6.45, 7) is 4.55. The van der Waals surface area contributed by atoms with Gasteiger partial charge in [0.1, 0.15) is 0 Å². The van der Waals surface area contributed by atoms with Crippen molar-refractivity contribution in [3.63, 3.8) is 0 Å². The standard InChI is InChI=1S/C17H30N2O3/c20-11-10-19-12-13-4-2-8-18-9-3-5-14(17(13)18)15(19)6-1-7-16(21)22/h13-15,17,20H,1-12H2,(H,21,22)/t13-,14+,15+,17-/m0/s1. The van der Waals surface area contributed by atoms with Crippen molar-refractivity contribution in [3.8, 4) is 0 Å². The fourth-order valence-electron chi connectivity index (χ4n) is 5.33. The average Bonchev–Trinajstić information content (AvgIpc) is 2.50. The van der Waals surface area contributed by atoms with E-state index in [1.54, 1.807) is 0 Å². The maximum absolute atomic E-state index is 10.8. The number of carbonyl (C=O) groups is 1. The number of aliphatic hydroxyl groups excluding tert-OH is 1. The van der Waals surface area contributed by atoms with Crippen LogP contribution >= 0.6 is 0 Å². The van der Waals surface area contributed by atoms with Crippen molar-refractivity contribution in [3.05, 3.63) is 0 Å². The molecule has 0 saturated carbocycles. The van der Waals surface area contributed by atoms with E-state index in [9.17, 15) is 9.90 Å². The smallest absolute Gasteiger partial charge is 0.303 e. The molecule has 3 rings (SSSR count). The molecule has 2 N–H and O–H groups in total. The van der Waals surface area contributed by atoms with Gasteiger partial charge >= 0.3 is 5.97 Å². The molecule has 126 valence electrons. The number of likely N-dealkylation sites (tertiary alicyclic amines) is 1. The number of β-amino-alcohol motifs (C(OH)–C–C–N with tert-alkyl or cyclic N) is 1. The summed E-state index contributed by atoms with van der Waals surface area (Å²) in [5.41, 5.74) is 0. The number of carboxylic acids is 1. The molecule has 0 aromatic rings. The third-order valence-corrected chi connectivity index (χ3v) is 6.06. The van der Waals surface area contributed by atoms with Gasteiger partial charge in [-0.05, 0) is 63.5 Å². The molecule has 3 heterocycles. The Balaban J connectivity index is 1.72. The molecule has 3 aliphatic heterocycles. The average molecular weight is 310 g/mol. The lowest BCUT2D eigenvalue weighted by Crippen LogP contribution is -2.64. The van der Waals surface area contributed by atoms with Gasteiger partial charge in [-0.2, -0.15) is 0 Å². The monoisotopic (exact) mass is 310 g/mol. The number of nitrogens with zero attached hydrogens (tertiary/aromatic N) is 2. The SMILES string of the molecule is O=C(O)CCC[C@@H]1[C@H]2CCCN3CCC[C@@H](CN1CCO)[C@@H]23. The third kappa shape index (κ3) is 3.31. The second-order valence-corrected chi connectivity index (χ2v) is 7.31. The summed E-state index contributed by atoms with van der Waals surface area (Å²) in [5, 5.41) is 18.3. The van der Waals surface area contributed by atoms with Gasteiger partial charge in [-0.25, -0.2) is 0 Å². The van der Waals surface area contributed by atoms with Crippen LogP contribution in [-0.4, -0.2) is 70.9 Å². The molecule has 3 saturated heterocycles. The highest BCUT2D eigenvalue weighted by atomic mass is 16.4. The fraction of sp³-hybridized carbons (Fsp3) is 0.941. The topological polar surface area (TPSA) is 64.0 Å². The van der Waals surface area contributed by atoms with Crippen LogP contribution in [0.3, 0.4) is 0 Å². The normalized spacial score (nSPS) is 36.0. The second-order valence-electron chi connectivity index (χ2n) is 7.31. The van der Waals surface area contributed by atoms with Gasteiger partial charge in [-0.15, -0.1) is 0 Å². The number of hydrogen-bond donors (Lipinski definition) is 2. The van der Waals surface area contributed by atoms with E-state index in [0.717, 1.165) is 31.8 Å². The number of aliphatic carboxylic acids is 1. The quantitative estimate of drug-likeness (QED) is 0.776. The Hall–Kier alpha value is -0.650. The minimum absolute atomic E-state index is 0.212. The Morgan fingerprint density at radius 2 is 1.95 bits per heavy atom. The Morgan fingerprint density at radius 1 is 1.18 bits per heavy atom. The summed E-state index contributed by atoms with van der Waals surface area (Å²) < 4.78 is 0. The first kappa shape index (κ1) is 16.2. The van der Waals surface area contributed by atoms with Gasteiger partial charge in [-0.1, -0.05) is 0 Å². The molecule has 0 amide bonds. The van der Waals surface area contributed by atoms with E-state index in [4.69, 9.17) is 5.11 Å². The highest BCUT2D eigenvalue weighted by Gasteiger charge is 2.47. The highest BCUT2D eigenvalue weighted by Crippen LogP contribution is 2.43. The summed E-state index contributed by atoms with van der Waals surface area (Å²) in [6.07, 6.45) is 7.18. The summed E-state index contributed by atoms with van der Waals surface area (Å²) in [5.74, 6) is 0.736. The van der Waals surface area contributed by atoms with Crippen molar-refractivity contribution in [2.24, 2.45) is 11.8 Å². The number of carboxylic acid groups (broad SMARTS) is 1. The molecule has 5 nitrogen and oxygen atoms in total. The number of hydrogen-bond acceptors (Lipinski definition) is 4. The van der Waals surface area contributed by atoms with Crippen molar-refractivity contribution < 1.29 is 15.0 Å². The second kappa shape index (κ2) is 7.28. The zero-order valence-corrected chi connectivity index (χ0v) is 13.5. The summed E-state index contributed by atoms with van der Waals surface area (Å²) in [6, 6.07) is 1.18. The predicted octanol–water partition coefficient (Wildman–Crippen LogP) is 1.41. The van der Waals surface area contributed by atoms with Crippen LogP contribution in [0.1, 0.15) is 44.9 Å². The van der Waals surface area contributed by atoms with Gasteiger partial charge < -0.3 is 10.2 Å². The molecule has 3 fully saturated rings. The summed E-state index contributed by atoms with van der Waals surface area (Å²) >= 11 is 0. The van der Waals surface area contributed by atoms with Crippen molar-refractivity contribution >= 4 is 5.97 Å². The molecule has 3 aliphatic rings. The molecule has 0 spiro atoms. The van der Waals surface area contributed by atoms with Crippen molar-refractivity contribution in [2.45, 2.75) is 57.0 Å². The number of rotatable bonds is 6. The predicted molar refractivity (Wildman–Crippen MR) is 84.7 cm³/mol. The van der Waals surface area contributed by atoms with Crippen molar-refractivity contribution in [1.82, 2.24) is 9.80 Å². The van der Waals surface area contributed by atoms with Crippen LogP contribution in [0.2, 0.25) is 0 Å². The van der Waals surface area contributed by atoms with E-state index in [1.165, 1.54) is 38.8 Å². The van der Waals surface area contributed by atoms with Crippen molar-refractivity contribution in [1.29, 1.82) is 0 Å². The van der Waals surface area contributed by atoms with E-state index >= 15 is 0 Å². The minimum atomic E-state index is -0.690. The lowest BCUT2D eigenvalue weighted by atomic mass is 9.69. The zero-order valence-electron chi connectivity index (χ0n) is 13.5. The van der Waals surface area contributed by atoms with Gasteiger partial charge in [0.05, 0.1) is 6.61 Å². The van der Waals surface area contributed by atoms with Crippen LogP contribution in [0.4, 0.5) is 0 Å². The zero-order chi connectivity index (χ0) is 15.5. The highest BCUT2D eigenvalue weighted by molar-refractivity contribution is 5.66. The molecule has 0 radical (unpaired) electrons. The van der Waals surface area contributed by atoms with Gasteiger partial charge in [0, 0.05) is 31.6 Å². The molecule has 0 unspecified atom stereocenters. The van der Waals surface area contributed by atoms with E-state index in [-0.39, 0.29) is 13.0 Å². The van der Waals surface area contributed by atoms with Gasteiger partial charge in [0.15, 0.2) is 0 Å². The summed E-state index contributed by atoms with van der Waals surface area (Å²) in [7, 11) is 0. The maximum atomic E-state index is 10.8. The van der Waals surface area contributed by atoms with Gasteiger partial charge in [0.2, 0.25) is 0 Å². The number of piperidine rings is 3. The Morgan fingerprint density at radius 3 is 2.68 bits per heavy atom. The van der Waals surface area contributed by atoms with Crippen LogP contribution < -0.4 is 0 Å². The molecule has 5 heteroatoms. The lowest BCUT2D eigenvalue weighted by Gasteiger charge is -2.57. The maximum Gasteiger partial charge on any atom is 0.303 e. The van der Waals surface area contributed by atoms with E-state index in [0.29, 0.717) is 18.0 Å². The van der Waals surface area contributed by atoms with E-state index < -0.39 is 5.97 Å². The first-order chi connectivity index (χ1) is 10.7. The van der Waals surface area contributed by atoms with Gasteiger partial charge in [0.25, 0.3) is 0 Å². The fourth-order valence-corrected chi connectivity index (χ4v) is 5.33. The van der Waals surface area contributed by atoms with Crippen LogP contribution in [0.5, 0.6) is 0 Å². The largest absolute Gasteiger partial charge is 0.481 e. The molecule has 22 heavy (non-hydrogen) atoms. The molecular formula is C17H30N2O3. The molecule has 0 aliphatic carbocycles. The lowest BCUT2D eigenvalue weighted by molar-refractivity contribution is -0.137. The minimum Gasteiger partial charge on any atom is -0.481 e. The number of aliphatic hydroxyl groups is 1. The van der Waals surface area contributed by atoms with Crippen LogP contribution in [-0.2, 0) is 4.79 Å². The third-order valence-electron chi connectivity index (χ3n) is 6.06. The van der Waals surface area contributed by atoms with Crippen molar-refractivity contribution in [2.75, 3.05) is 32.8 Å². The van der Waals surface area contributed by atoms with Crippen LogP contribution in [0, 0.1) is 11.8 Å². The van der Waals surface area contributed by atoms with Crippen LogP contribution in [0.15, 0.2) is 0 Å². The van der Waals surface area contributed by atoms with E-state index in [2.05, 4.69) is 9.80 Å². The Bertz CT molecular complexity index is 388. The molecular weight excluding hydrogens is 280 g/mol. The van der Waals surface area contributed by atoms with E-state index in [1.807, 2.05) is 0 Å². The Kier molecular flexibility index (Phi) is 5.37. The molecule has 0 bridgehead atoms. The van der Waals surface area contributed by atoms with Gasteiger partial charge in [-0.3, -0.25) is 14.6 Å². The molecule has 4 atom stereocenters. The molecule has 0 aromatic carbocycles. The first-order valence-electron chi connectivity index (χ1n) is 9.01. The molecule has 0 aromatic heterocycles. The first-order valence-corrected chi connectivity index (χ1v) is 9.01. The van der Waals surface area contributed by atoms with Crippen LogP contribution in [0.25, 0.3) is 0 Å². The summed E-state index contributed by atoms with van der Waals surface area (Å²) in [4.78, 5) is 16.0.